The average molecular weight is 292 g/mol. The van der Waals surface area contributed by atoms with Crippen LogP contribution in [0.5, 0.6) is 0 Å². The topological polar surface area (TPSA) is 40.7 Å². The summed E-state index contributed by atoms with van der Waals surface area (Å²) in [6.07, 6.45) is 3.93. The molecule has 0 spiro atoms. The lowest BCUT2D eigenvalue weighted by atomic mass is 9.83. The molecule has 0 radical (unpaired) electrons. The van der Waals surface area contributed by atoms with Crippen LogP contribution in [-0.2, 0) is 0 Å². The Kier molecular flexibility index (Phi) is 2.89. The largest absolute Gasteiger partial charge is 0.339 e. The molecule has 0 unspecified atom stereocenters. The van der Waals surface area contributed by atoms with E-state index in [0.717, 1.165) is 16.0 Å². The predicted octanol–water partition coefficient (Wildman–Crippen LogP) is 4.18. The third-order valence-corrected chi connectivity index (χ3v) is 3.79. The van der Waals surface area contributed by atoms with Gasteiger partial charge in [0, 0.05) is 27.8 Å². The van der Waals surface area contributed by atoms with Crippen LogP contribution in [0, 0.1) is 0 Å². The molecule has 0 bridgehead atoms. The molecular formula is C13H14BrN3. The Hall–Kier alpha value is -1.29. The van der Waals surface area contributed by atoms with E-state index in [1.165, 1.54) is 25.0 Å². The van der Waals surface area contributed by atoms with Gasteiger partial charge < -0.3 is 5.32 Å². The highest BCUT2D eigenvalue weighted by molar-refractivity contribution is 9.10. The maximum atomic E-state index is 4.29. The Morgan fingerprint density at radius 3 is 2.65 bits per heavy atom. The first kappa shape index (κ1) is 10.8. The van der Waals surface area contributed by atoms with Crippen molar-refractivity contribution < 1.29 is 0 Å². The predicted molar refractivity (Wildman–Crippen MR) is 72.6 cm³/mol. The number of benzene rings is 1. The lowest BCUT2D eigenvalue weighted by Gasteiger charge is -2.23. The Bertz CT molecular complexity index is 500. The molecule has 17 heavy (non-hydrogen) atoms. The molecule has 4 heteroatoms. The van der Waals surface area contributed by atoms with Gasteiger partial charge in [0.15, 0.2) is 5.82 Å². The molecule has 1 fully saturated rings. The summed E-state index contributed by atoms with van der Waals surface area (Å²) < 4.78 is 1.08. The van der Waals surface area contributed by atoms with Gasteiger partial charge in [0.1, 0.15) is 0 Å². The third kappa shape index (κ3) is 2.36. The van der Waals surface area contributed by atoms with Gasteiger partial charge in [-0.05, 0) is 37.1 Å². The summed E-state index contributed by atoms with van der Waals surface area (Å²) in [6, 6.07) is 10.2. The van der Waals surface area contributed by atoms with Gasteiger partial charge in [0.2, 0.25) is 0 Å². The van der Waals surface area contributed by atoms with Crippen molar-refractivity contribution in [1.82, 2.24) is 10.2 Å². The van der Waals surface area contributed by atoms with Gasteiger partial charge >= 0.3 is 0 Å². The molecule has 1 aliphatic carbocycles. The summed E-state index contributed by atoms with van der Waals surface area (Å²) in [7, 11) is 0. The van der Waals surface area contributed by atoms with Crippen molar-refractivity contribution in [2.75, 3.05) is 5.32 Å². The van der Waals surface area contributed by atoms with Crippen LogP contribution in [0.25, 0.3) is 0 Å². The van der Waals surface area contributed by atoms with Gasteiger partial charge in [-0.3, -0.25) is 5.10 Å². The van der Waals surface area contributed by atoms with Gasteiger partial charge in [-0.25, -0.2) is 0 Å². The highest BCUT2D eigenvalue weighted by Gasteiger charge is 2.21. The molecule has 3 nitrogen and oxygen atoms in total. The summed E-state index contributed by atoms with van der Waals surface area (Å²) in [5.41, 5.74) is 2.32. The van der Waals surface area contributed by atoms with Crippen LogP contribution in [0.3, 0.4) is 0 Å². The number of H-pyrrole nitrogens is 1. The number of nitrogens with one attached hydrogen (secondary N) is 2. The number of aromatic amines is 1. The SMILES string of the molecule is Brc1ccc(Nc2cc(C3CCC3)[nH]n2)cc1. The minimum atomic E-state index is 0.697. The number of nitrogens with zero attached hydrogens (tertiary/aromatic N) is 1. The normalized spacial score (nSPS) is 15.6. The van der Waals surface area contributed by atoms with Crippen LogP contribution in [0.2, 0.25) is 0 Å². The maximum absolute atomic E-state index is 4.29. The fourth-order valence-electron chi connectivity index (χ4n) is 2.01. The van der Waals surface area contributed by atoms with E-state index in [-0.39, 0.29) is 0 Å². The zero-order valence-corrected chi connectivity index (χ0v) is 11.0. The molecule has 1 aromatic heterocycles. The molecule has 1 aliphatic rings. The Labute approximate surface area is 109 Å². The van der Waals surface area contributed by atoms with E-state index in [0.29, 0.717) is 5.92 Å². The molecule has 1 heterocycles. The zero-order chi connectivity index (χ0) is 11.7. The third-order valence-electron chi connectivity index (χ3n) is 3.26. The molecule has 0 saturated heterocycles. The molecular weight excluding hydrogens is 278 g/mol. The lowest BCUT2D eigenvalue weighted by molar-refractivity contribution is 0.410. The van der Waals surface area contributed by atoms with E-state index in [1.54, 1.807) is 0 Å². The molecule has 1 aromatic carbocycles. The van der Waals surface area contributed by atoms with Crippen LogP contribution >= 0.6 is 15.9 Å². The zero-order valence-electron chi connectivity index (χ0n) is 9.41. The van der Waals surface area contributed by atoms with Gasteiger partial charge in [-0.1, -0.05) is 22.4 Å². The molecule has 2 N–H and O–H groups in total. The number of aromatic nitrogens is 2. The van der Waals surface area contributed by atoms with Crippen molar-refractivity contribution in [1.29, 1.82) is 0 Å². The Morgan fingerprint density at radius 1 is 1.24 bits per heavy atom. The molecule has 0 aliphatic heterocycles. The van der Waals surface area contributed by atoms with Crippen molar-refractivity contribution >= 4 is 27.4 Å². The molecule has 2 aromatic rings. The van der Waals surface area contributed by atoms with Gasteiger partial charge in [-0.2, -0.15) is 5.10 Å². The van der Waals surface area contributed by atoms with Crippen LogP contribution < -0.4 is 5.32 Å². The molecule has 1 saturated carbocycles. The summed E-state index contributed by atoms with van der Waals surface area (Å²) in [6.45, 7) is 0. The van der Waals surface area contributed by atoms with Crippen molar-refractivity contribution in [3.63, 3.8) is 0 Å². The van der Waals surface area contributed by atoms with E-state index in [9.17, 15) is 0 Å². The first-order valence-corrected chi connectivity index (χ1v) is 6.68. The van der Waals surface area contributed by atoms with Crippen molar-refractivity contribution in [3.05, 3.63) is 40.5 Å². The molecule has 0 amide bonds. The number of hydrogen-bond donors (Lipinski definition) is 2. The van der Waals surface area contributed by atoms with Crippen LogP contribution in [0.15, 0.2) is 34.8 Å². The number of rotatable bonds is 3. The first-order valence-electron chi connectivity index (χ1n) is 5.89. The van der Waals surface area contributed by atoms with Gasteiger partial charge in [0.05, 0.1) is 0 Å². The average Bonchev–Trinajstić information content (AvgIpc) is 2.67. The van der Waals surface area contributed by atoms with Crippen LogP contribution in [0.4, 0.5) is 11.5 Å². The minimum absolute atomic E-state index is 0.697. The second kappa shape index (κ2) is 4.53. The van der Waals surface area contributed by atoms with Crippen LogP contribution in [-0.4, -0.2) is 10.2 Å². The molecule has 3 rings (SSSR count). The lowest BCUT2D eigenvalue weighted by Crippen LogP contribution is -2.08. The summed E-state index contributed by atoms with van der Waals surface area (Å²) in [4.78, 5) is 0. The minimum Gasteiger partial charge on any atom is -0.339 e. The monoisotopic (exact) mass is 291 g/mol. The fourth-order valence-corrected chi connectivity index (χ4v) is 2.27. The molecule has 0 atom stereocenters. The van der Waals surface area contributed by atoms with Crippen LogP contribution in [0.1, 0.15) is 30.9 Å². The summed E-state index contributed by atoms with van der Waals surface area (Å²) >= 11 is 3.42. The highest BCUT2D eigenvalue weighted by Crippen LogP contribution is 2.36. The number of hydrogen-bond acceptors (Lipinski definition) is 2. The Balaban J connectivity index is 1.72. The van der Waals surface area contributed by atoms with E-state index in [2.05, 4.69) is 37.5 Å². The second-order valence-electron chi connectivity index (χ2n) is 4.47. The van der Waals surface area contributed by atoms with Crippen molar-refractivity contribution in [2.45, 2.75) is 25.2 Å². The van der Waals surface area contributed by atoms with Crippen molar-refractivity contribution in [3.8, 4) is 0 Å². The molecule has 88 valence electrons. The van der Waals surface area contributed by atoms with Gasteiger partial charge in [-0.15, -0.1) is 0 Å². The van der Waals surface area contributed by atoms with E-state index < -0.39 is 0 Å². The summed E-state index contributed by atoms with van der Waals surface area (Å²) in [5.74, 6) is 1.59. The first-order chi connectivity index (χ1) is 8.31. The quantitative estimate of drug-likeness (QED) is 0.890. The van der Waals surface area contributed by atoms with E-state index in [4.69, 9.17) is 0 Å². The Morgan fingerprint density at radius 2 is 2.00 bits per heavy atom. The maximum Gasteiger partial charge on any atom is 0.152 e. The van der Waals surface area contributed by atoms with E-state index in [1.807, 2.05) is 24.3 Å². The van der Waals surface area contributed by atoms with Gasteiger partial charge in [0.25, 0.3) is 0 Å². The van der Waals surface area contributed by atoms with E-state index >= 15 is 0 Å². The summed E-state index contributed by atoms with van der Waals surface area (Å²) in [5, 5.41) is 10.7. The number of halogens is 1. The highest BCUT2D eigenvalue weighted by atomic mass is 79.9. The fraction of sp³-hybridized carbons (Fsp3) is 0.308. The smallest absolute Gasteiger partial charge is 0.152 e. The van der Waals surface area contributed by atoms with Crippen molar-refractivity contribution in [2.24, 2.45) is 0 Å². The standard InChI is InChI=1S/C13H14BrN3/c14-10-4-6-11(7-5-10)15-13-8-12(16-17-13)9-2-1-3-9/h4-9H,1-3H2,(H2,15,16,17). The number of anilines is 2. The second-order valence-corrected chi connectivity index (χ2v) is 5.38.